The molecule has 1 aliphatic heterocycles. The van der Waals surface area contributed by atoms with Crippen LogP contribution in [0.3, 0.4) is 0 Å². The predicted octanol–water partition coefficient (Wildman–Crippen LogP) is 5.29. The second kappa shape index (κ2) is 12.3. The minimum absolute atomic E-state index is 0.162. The van der Waals surface area contributed by atoms with E-state index in [9.17, 15) is 9.59 Å². The second-order valence-corrected chi connectivity index (χ2v) is 9.55. The molecule has 0 saturated carbocycles. The number of hydrogen-bond donors (Lipinski definition) is 2. The van der Waals surface area contributed by atoms with Gasteiger partial charge in [-0.2, -0.15) is 0 Å². The number of rotatable bonds is 9. The summed E-state index contributed by atoms with van der Waals surface area (Å²) in [7, 11) is 1.29. The Balaban J connectivity index is 1.28. The highest BCUT2D eigenvalue weighted by atomic mass is 16.5. The number of nitrogens with one attached hydrogen (secondary N) is 2. The fourth-order valence-electron chi connectivity index (χ4n) is 4.88. The molecule has 0 aliphatic carbocycles. The Kier molecular flexibility index (Phi) is 8.21. The summed E-state index contributed by atoms with van der Waals surface area (Å²) >= 11 is 0. The maximum absolute atomic E-state index is 13.8. The van der Waals surface area contributed by atoms with Crippen LogP contribution in [0.25, 0.3) is 11.3 Å². The number of amides is 2. The zero-order valence-corrected chi connectivity index (χ0v) is 21.9. The second-order valence-electron chi connectivity index (χ2n) is 9.55. The summed E-state index contributed by atoms with van der Waals surface area (Å²) in [5.41, 5.74) is 3.93. The van der Waals surface area contributed by atoms with Crippen LogP contribution in [0.2, 0.25) is 0 Å². The van der Waals surface area contributed by atoms with Crippen LogP contribution in [-0.2, 0) is 22.6 Å². The average Bonchev–Trinajstić information content (AvgIpc) is 3.67. The molecule has 8 nitrogen and oxygen atoms in total. The van der Waals surface area contributed by atoms with Crippen LogP contribution in [-0.4, -0.2) is 46.6 Å². The normalized spacial score (nSPS) is 15.5. The average molecular weight is 525 g/mol. The summed E-state index contributed by atoms with van der Waals surface area (Å²) < 4.78 is 10.7. The van der Waals surface area contributed by atoms with Gasteiger partial charge in [0.25, 0.3) is 0 Å². The summed E-state index contributed by atoms with van der Waals surface area (Å²) in [5.74, 6) is 1.32. The van der Waals surface area contributed by atoms with Crippen molar-refractivity contribution < 1.29 is 19.1 Å². The fourth-order valence-corrected chi connectivity index (χ4v) is 4.88. The number of benzene rings is 3. The molecular formula is C31H32N4O4. The Labute approximate surface area is 228 Å². The van der Waals surface area contributed by atoms with E-state index in [1.807, 2.05) is 89.8 Å². The summed E-state index contributed by atoms with van der Waals surface area (Å²) in [6, 6.07) is 26.5. The zero-order chi connectivity index (χ0) is 27.0. The lowest BCUT2D eigenvalue weighted by atomic mass is 10.0. The number of carbonyl (C=O) groups excluding carboxylic acids is 2. The van der Waals surface area contributed by atoms with Gasteiger partial charge in [-0.15, -0.1) is 0 Å². The van der Waals surface area contributed by atoms with Crippen molar-refractivity contribution in [2.45, 2.75) is 38.0 Å². The molecule has 2 amide bonds. The Morgan fingerprint density at radius 1 is 1.00 bits per heavy atom. The van der Waals surface area contributed by atoms with Gasteiger partial charge in [0.1, 0.15) is 24.2 Å². The summed E-state index contributed by atoms with van der Waals surface area (Å²) in [6.45, 7) is 1.07. The number of methoxy groups -OCH3 is 1. The van der Waals surface area contributed by atoms with Gasteiger partial charge < -0.3 is 24.7 Å². The number of nitrogens with zero attached hydrogens (tertiary/aromatic N) is 2. The van der Waals surface area contributed by atoms with Crippen molar-refractivity contribution >= 4 is 12.0 Å². The third-order valence-corrected chi connectivity index (χ3v) is 6.92. The highest BCUT2D eigenvalue weighted by molar-refractivity contribution is 5.86. The molecule has 1 aromatic heterocycles. The highest BCUT2D eigenvalue weighted by Gasteiger charge is 2.36. The van der Waals surface area contributed by atoms with E-state index in [2.05, 4.69) is 15.3 Å². The lowest BCUT2D eigenvalue weighted by Gasteiger charge is -2.28. The van der Waals surface area contributed by atoms with Crippen LogP contribution in [0, 0.1) is 0 Å². The molecule has 4 aromatic rings. The van der Waals surface area contributed by atoms with Crippen molar-refractivity contribution in [2.75, 3.05) is 13.7 Å². The van der Waals surface area contributed by atoms with Gasteiger partial charge in [-0.25, -0.2) is 9.78 Å². The van der Waals surface area contributed by atoms with E-state index in [4.69, 9.17) is 9.47 Å². The standard InChI is InChI=1S/C31H32N4O4/c1-38-31(37)34-26(19-22-14-16-25(17-15-22)39-21-23-9-4-2-5-10-23)30(36)35-18-8-13-28(35)29-32-20-27(33-29)24-11-6-3-7-12-24/h2-7,9-12,14-17,20,26,28H,8,13,18-19,21H2,1H3,(H,32,33)(H,34,37)/t26-,28-/m0/s1. The van der Waals surface area contributed by atoms with Crippen molar-refractivity contribution in [3.8, 4) is 17.0 Å². The molecule has 39 heavy (non-hydrogen) atoms. The first-order valence-electron chi connectivity index (χ1n) is 13.1. The van der Waals surface area contributed by atoms with Crippen LogP contribution in [0.1, 0.15) is 35.8 Å². The molecule has 200 valence electrons. The number of H-pyrrole nitrogens is 1. The molecule has 1 aliphatic rings. The molecule has 5 rings (SSSR count). The van der Waals surface area contributed by atoms with E-state index in [1.54, 1.807) is 6.20 Å². The third kappa shape index (κ3) is 6.46. The summed E-state index contributed by atoms with van der Waals surface area (Å²) in [4.78, 5) is 35.8. The first kappa shape index (κ1) is 26.0. The Hall–Kier alpha value is -4.59. The molecule has 2 N–H and O–H groups in total. The highest BCUT2D eigenvalue weighted by Crippen LogP contribution is 2.32. The minimum Gasteiger partial charge on any atom is -0.489 e. The Morgan fingerprint density at radius 3 is 2.44 bits per heavy atom. The van der Waals surface area contributed by atoms with Gasteiger partial charge in [-0.05, 0) is 41.7 Å². The number of imidazole rings is 1. The van der Waals surface area contributed by atoms with Crippen LogP contribution in [0.15, 0.2) is 91.1 Å². The Bertz CT molecular complexity index is 1370. The number of aromatic nitrogens is 2. The zero-order valence-electron chi connectivity index (χ0n) is 21.9. The lowest BCUT2D eigenvalue weighted by Crippen LogP contribution is -2.49. The van der Waals surface area contributed by atoms with E-state index in [1.165, 1.54) is 7.11 Å². The maximum Gasteiger partial charge on any atom is 0.407 e. The number of hydrogen-bond acceptors (Lipinski definition) is 5. The van der Waals surface area contributed by atoms with Crippen molar-refractivity contribution in [2.24, 2.45) is 0 Å². The molecule has 1 fully saturated rings. The lowest BCUT2D eigenvalue weighted by molar-refractivity contribution is -0.134. The third-order valence-electron chi connectivity index (χ3n) is 6.92. The topological polar surface area (TPSA) is 96.5 Å². The van der Waals surface area contributed by atoms with Gasteiger partial charge in [-0.3, -0.25) is 4.79 Å². The van der Waals surface area contributed by atoms with E-state index in [0.717, 1.165) is 46.8 Å². The molecule has 1 saturated heterocycles. The van der Waals surface area contributed by atoms with Gasteiger partial charge in [0.15, 0.2) is 0 Å². The largest absolute Gasteiger partial charge is 0.489 e. The molecule has 3 aromatic carbocycles. The van der Waals surface area contributed by atoms with Crippen molar-refractivity contribution in [1.29, 1.82) is 0 Å². The Morgan fingerprint density at radius 2 is 1.72 bits per heavy atom. The van der Waals surface area contributed by atoms with Gasteiger partial charge in [0, 0.05) is 13.0 Å². The van der Waals surface area contributed by atoms with Crippen LogP contribution >= 0.6 is 0 Å². The van der Waals surface area contributed by atoms with Gasteiger partial charge >= 0.3 is 6.09 Å². The smallest absolute Gasteiger partial charge is 0.407 e. The number of likely N-dealkylation sites (tertiary alicyclic amines) is 1. The summed E-state index contributed by atoms with van der Waals surface area (Å²) in [6.07, 6.45) is 3.14. The molecule has 2 atom stereocenters. The SMILES string of the molecule is COC(=O)N[C@@H](Cc1ccc(OCc2ccccc2)cc1)C(=O)N1CCC[C@H]1c1ncc(-c2ccccc2)[nH]1. The fraction of sp³-hybridized carbons (Fsp3) is 0.258. The number of ether oxygens (including phenoxy) is 2. The molecule has 8 heteroatoms. The monoisotopic (exact) mass is 524 g/mol. The molecular weight excluding hydrogens is 492 g/mol. The van der Waals surface area contributed by atoms with Crippen molar-refractivity contribution in [3.63, 3.8) is 0 Å². The first-order chi connectivity index (χ1) is 19.1. The number of carbonyl (C=O) groups is 2. The van der Waals surface area contributed by atoms with Crippen molar-refractivity contribution in [1.82, 2.24) is 20.2 Å². The van der Waals surface area contributed by atoms with E-state index < -0.39 is 12.1 Å². The minimum atomic E-state index is -0.780. The predicted molar refractivity (Wildman–Crippen MR) is 148 cm³/mol. The molecule has 0 radical (unpaired) electrons. The van der Waals surface area contributed by atoms with Crippen LogP contribution in [0.5, 0.6) is 5.75 Å². The molecule has 2 heterocycles. The van der Waals surface area contributed by atoms with Gasteiger partial charge in [0.2, 0.25) is 5.91 Å². The number of alkyl carbamates (subject to hydrolysis) is 1. The summed E-state index contributed by atoms with van der Waals surface area (Å²) in [5, 5.41) is 2.74. The van der Waals surface area contributed by atoms with Crippen LogP contribution < -0.4 is 10.1 Å². The van der Waals surface area contributed by atoms with Crippen LogP contribution in [0.4, 0.5) is 4.79 Å². The quantitative estimate of drug-likeness (QED) is 0.310. The number of aromatic amines is 1. The molecule has 0 unspecified atom stereocenters. The molecule has 0 bridgehead atoms. The van der Waals surface area contributed by atoms with Gasteiger partial charge in [-0.1, -0.05) is 72.8 Å². The molecule has 0 spiro atoms. The first-order valence-corrected chi connectivity index (χ1v) is 13.1. The van der Waals surface area contributed by atoms with Crippen molar-refractivity contribution in [3.05, 3.63) is 108 Å². The van der Waals surface area contributed by atoms with E-state index in [-0.39, 0.29) is 11.9 Å². The maximum atomic E-state index is 13.8. The van der Waals surface area contributed by atoms with E-state index >= 15 is 0 Å². The van der Waals surface area contributed by atoms with E-state index in [0.29, 0.717) is 19.6 Å². The van der Waals surface area contributed by atoms with Gasteiger partial charge in [0.05, 0.1) is 25.0 Å².